The first kappa shape index (κ1) is 13.1. The number of hydrogen-bond donors (Lipinski definition) is 2. The van der Waals surface area contributed by atoms with Crippen LogP contribution in [0.1, 0.15) is 23.1 Å². The van der Waals surface area contributed by atoms with E-state index in [1.807, 2.05) is 26.1 Å². The number of pyridine rings is 1. The number of carbonyl (C=O) groups is 1. The van der Waals surface area contributed by atoms with Gasteiger partial charge in [-0.05, 0) is 25.1 Å². The number of amides is 1. The maximum Gasteiger partial charge on any atom is 0.269 e. The Bertz CT molecular complexity index is 564. The molecule has 0 aliphatic rings. The van der Waals surface area contributed by atoms with Crippen LogP contribution in [0.25, 0.3) is 0 Å². The van der Waals surface area contributed by atoms with E-state index in [9.17, 15) is 4.79 Å². The summed E-state index contributed by atoms with van der Waals surface area (Å²) in [5.74, 6) is -0.160. The van der Waals surface area contributed by atoms with E-state index >= 15 is 0 Å². The van der Waals surface area contributed by atoms with Gasteiger partial charge < -0.3 is 10.6 Å². The molecule has 0 unspecified atom stereocenters. The molecule has 19 heavy (non-hydrogen) atoms. The topological polar surface area (TPSA) is 71.8 Å². The van der Waals surface area contributed by atoms with E-state index in [1.165, 1.54) is 0 Å². The molecular weight excluding hydrogens is 242 g/mol. The van der Waals surface area contributed by atoms with Crippen molar-refractivity contribution in [3.8, 4) is 0 Å². The Labute approximate surface area is 111 Å². The number of aromatic nitrogens is 3. The van der Waals surface area contributed by atoms with Crippen molar-refractivity contribution in [2.75, 3.05) is 11.9 Å². The summed E-state index contributed by atoms with van der Waals surface area (Å²) in [5, 5.41) is 10.1. The minimum Gasteiger partial charge on any atom is -0.379 e. The van der Waals surface area contributed by atoms with Crippen molar-refractivity contribution in [1.82, 2.24) is 20.1 Å². The number of nitrogens with zero attached hydrogens (tertiary/aromatic N) is 3. The number of hydrogen-bond acceptors (Lipinski definition) is 4. The summed E-state index contributed by atoms with van der Waals surface area (Å²) in [6.45, 7) is 3.12. The third-order valence-corrected chi connectivity index (χ3v) is 2.73. The molecule has 1 amide bonds. The number of aryl methyl sites for hydroxylation is 1. The Kier molecular flexibility index (Phi) is 4.12. The molecule has 2 aromatic rings. The van der Waals surface area contributed by atoms with Gasteiger partial charge in [-0.15, -0.1) is 0 Å². The van der Waals surface area contributed by atoms with Crippen molar-refractivity contribution in [2.24, 2.45) is 7.05 Å². The quantitative estimate of drug-likeness (QED) is 0.845. The second-order valence-corrected chi connectivity index (χ2v) is 4.09. The van der Waals surface area contributed by atoms with Crippen LogP contribution in [0.4, 0.5) is 5.69 Å². The highest BCUT2D eigenvalue weighted by Gasteiger charge is 2.06. The van der Waals surface area contributed by atoms with Crippen molar-refractivity contribution in [3.05, 3.63) is 42.0 Å². The van der Waals surface area contributed by atoms with Crippen molar-refractivity contribution in [1.29, 1.82) is 0 Å². The van der Waals surface area contributed by atoms with Gasteiger partial charge in [-0.1, -0.05) is 0 Å². The van der Waals surface area contributed by atoms with Crippen LogP contribution in [-0.4, -0.2) is 27.2 Å². The maximum absolute atomic E-state index is 11.7. The van der Waals surface area contributed by atoms with E-state index in [-0.39, 0.29) is 5.91 Å². The van der Waals surface area contributed by atoms with Gasteiger partial charge in [-0.25, -0.2) is 0 Å². The van der Waals surface area contributed by atoms with Crippen LogP contribution in [0.2, 0.25) is 0 Å². The number of rotatable bonds is 5. The first-order valence-corrected chi connectivity index (χ1v) is 6.15. The third kappa shape index (κ3) is 3.31. The van der Waals surface area contributed by atoms with Crippen LogP contribution in [0.5, 0.6) is 0 Å². The SMILES string of the molecule is CCNC(=O)c1cc(NCc2ccnn2C)ccn1. The summed E-state index contributed by atoms with van der Waals surface area (Å²) in [4.78, 5) is 15.7. The molecule has 0 saturated carbocycles. The average molecular weight is 259 g/mol. The highest BCUT2D eigenvalue weighted by Crippen LogP contribution is 2.09. The van der Waals surface area contributed by atoms with E-state index in [1.54, 1.807) is 23.1 Å². The zero-order chi connectivity index (χ0) is 13.7. The molecule has 2 heterocycles. The second kappa shape index (κ2) is 5.99. The van der Waals surface area contributed by atoms with Crippen molar-refractivity contribution >= 4 is 11.6 Å². The highest BCUT2D eigenvalue weighted by atomic mass is 16.1. The van der Waals surface area contributed by atoms with E-state index in [0.29, 0.717) is 18.8 Å². The Morgan fingerprint density at radius 1 is 1.37 bits per heavy atom. The highest BCUT2D eigenvalue weighted by molar-refractivity contribution is 5.93. The number of anilines is 1. The summed E-state index contributed by atoms with van der Waals surface area (Å²) >= 11 is 0. The van der Waals surface area contributed by atoms with Gasteiger partial charge in [0.25, 0.3) is 5.91 Å². The third-order valence-electron chi connectivity index (χ3n) is 2.73. The molecule has 0 fully saturated rings. The normalized spacial score (nSPS) is 10.2. The zero-order valence-corrected chi connectivity index (χ0v) is 11.1. The smallest absolute Gasteiger partial charge is 0.269 e. The Hall–Kier alpha value is -2.37. The predicted octanol–water partition coefficient (Wildman–Crippen LogP) is 1.18. The lowest BCUT2D eigenvalue weighted by Crippen LogP contribution is -2.23. The molecule has 2 N–H and O–H groups in total. The first-order valence-electron chi connectivity index (χ1n) is 6.15. The lowest BCUT2D eigenvalue weighted by atomic mass is 10.3. The molecule has 6 nitrogen and oxygen atoms in total. The van der Waals surface area contributed by atoms with Gasteiger partial charge in [-0.2, -0.15) is 5.10 Å². The predicted molar refractivity (Wildman–Crippen MR) is 72.8 cm³/mol. The number of nitrogens with one attached hydrogen (secondary N) is 2. The van der Waals surface area contributed by atoms with Gasteiger partial charge in [0.15, 0.2) is 0 Å². The number of carbonyl (C=O) groups excluding carboxylic acids is 1. The molecule has 0 bridgehead atoms. The second-order valence-electron chi connectivity index (χ2n) is 4.09. The monoisotopic (exact) mass is 259 g/mol. The van der Waals surface area contributed by atoms with Gasteiger partial charge in [-0.3, -0.25) is 14.5 Å². The van der Waals surface area contributed by atoms with Gasteiger partial charge in [0.2, 0.25) is 0 Å². The summed E-state index contributed by atoms with van der Waals surface area (Å²) < 4.78 is 1.80. The fourth-order valence-corrected chi connectivity index (χ4v) is 1.68. The molecule has 0 spiro atoms. The fraction of sp³-hybridized carbons (Fsp3) is 0.308. The van der Waals surface area contributed by atoms with E-state index in [0.717, 1.165) is 11.4 Å². The Balaban J connectivity index is 2.03. The summed E-state index contributed by atoms with van der Waals surface area (Å²) in [5.41, 5.74) is 2.34. The molecule has 0 aromatic carbocycles. The molecule has 2 aromatic heterocycles. The van der Waals surface area contributed by atoms with E-state index in [2.05, 4.69) is 20.7 Å². The zero-order valence-electron chi connectivity index (χ0n) is 11.1. The molecular formula is C13H17N5O. The summed E-state index contributed by atoms with van der Waals surface area (Å²) in [6.07, 6.45) is 3.37. The van der Waals surface area contributed by atoms with Crippen molar-refractivity contribution in [2.45, 2.75) is 13.5 Å². The standard InChI is InChI=1S/C13H17N5O/c1-3-14-13(19)12-8-10(4-6-15-12)16-9-11-5-7-17-18(11)2/h4-8H,3,9H2,1-2H3,(H,14,19)(H,15,16). The van der Waals surface area contributed by atoms with E-state index < -0.39 is 0 Å². The summed E-state index contributed by atoms with van der Waals surface area (Å²) in [6, 6.07) is 5.51. The molecule has 0 radical (unpaired) electrons. The van der Waals surface area contributed by atoms with Crippen LogP contribution in [0.3, 0.4) is 0 Å². The van der Waals surface area contributed by atoms with Gasteiger partial charge in [0.05, 0.1) is 12.2 Å². The van der Waals surface area contributed by atoms with Crippen LogP contribution < -0.4 is 10.6 Å². The molecule has 2 rings (SSSR count). The van der Waals surface area contributed by atoms with Gasteiger partial charge >= 0.3 is 0 Å². The van der Waals surface area contributed by atoms with Crippen LogP contribution >= 0.6 is 0 Å². The van der Waals surface area contributed by atoms with Crippen LogP contribution in [0.15, 0.2) is 30.6 Å². The van der Waals surface area contributed by atoms with Crippen LogP contribution in [0, 0.1) is 0 Å². The molecule has 0 saturated heterocycles. The lowest BCUT2D eigenvalue weighted by Gasteiger charge is -2.08. The van der Waals surface area contributed by atoms with Crippen molar-refractivity contribution < 1.29 is 4.79 Å². The van der Waals surface area contributed by atoms with E-state index in [4.69, 9.17) is 0 Å². The van der Waals surface area contributed by atoms with Gasteiger partial charge in [0.1, 0.15) is 5.69 Å². The van der Waals surface area contributed by atoms with Gasteiger partial charge in [0, 0.05) is 31.7 Å². The largest absolute Gasteiger partial charge is 0.379 e. The fourth-order valence-electron chi connectivity index (χ4n) is 1.68. The molecule has 100 valence electrons. The molecule has 6 heteroatoms. The molecule has 0 aliphatic heterocycles. The van der Waals surface area contributed by atoms with Crippen molar-refractivity contribution in [3.63, 3.8) is 0 Å². The minimum absolute atomic E-state index is 0.160. The lowest BCUT2D eigenvalue weighted by molar-refractivity contribution is 0.0951. The average Bonchev–Trinajstić information content (AvgIpc) is 2.82. The molecule has 0 aliphatic carbocycles. The Morgan fingerprint density at radius 3 is 2.89 bits per heavy atom. The minimum atomic E-state index is -0.160. The molecule has 0 atom stereocenters. The Morgan fingerprint density at radius 2 is 2.21 bits per heavy atom. The summed E-state index contributed by atoms with van der Waals surface area (Å²) in [7, 11) is 1.89. The first-order chi connectivity index (χ1) is 9.20. The van der Waals surface area contributed by atoms with Crippen LogP contribution in [-0.2, 0) is 13.6 Å². The maximum atomic E-state index is 11.7.